The van der Waals surface area contributed by atoms with Crippen LogP contribution in [0.3, 0.4) is 0 Å². The van der Waals surface area contributed by atoms with Gasteiger partial charge in [0, 0.05) is 12.7 Å². The number of benzene rings is 1. The number of nitrogen functional groups attached to an aromatic ring is 1. The molecule has 7 heteroatoms. The first-order chi connectivity index (χ1) is 9.79. The Morgan fingerprint density at radius 2 is 2.14 bits per heavy atom. The molecule has 0 radical (unpaired) electrons. The van der Waals surface area contributed by atoms with Crippen LogP contribution in [0.4, 0.5) is 0 Å². The van der Waals surface area contributed by atoms with Crippen LogP contribution in [0.15, 0.2) is 18.2 Å². The van der Waals surface area contributed by atoms with Crippen LogP contribution < -0.4 is 10.5 Å². The van der Waals surface area contributed by atoms with Crippen molar-refractivity contribution in [3.8, 4) is 5.75 Å². The molecule has 116 valence electrons. The molecule has 0 aliphatic heterocycles. The zero-order valence-electron chi connectivity index (χ0n) is 11.8. The van der Waals surface area contributed by atoms with Gasteiger partial charge in [-0.15, -0.1) is 0 Å². The molecular weight excluding hydrogens is 312 g/mol. The lowest BCUT2D eigenvalue weighted by Gasteiger charge is -2.29. The zero-order valence-corrected chi connectivity index (χ0v) is 13.4. The summed E-state index contributed by atoms with van der Waals surface area (Å²) >= 11 is 6.05. The van der Waals surface area contributed by atoms with E-state index in [0.717, 1.165) is 12.8 Å². The van der Waals surface area contributed by atoms with Crippen molar-refractivity contribution >= 4 is 27.3 Å². The van der Waals surface area contributed by atoms with Crippen molar-refractivity contribution in [2.45, 2.75) is 37.0 Å². The molecule has 0 spiro atoms. The highest BCUT2D eigenvalue weighted by Crippen LogP contribution is 2.31. The highest BCUT2D eigenvalue weighted by Gasteiger charge is 2.30. The van der Waals surface area contributed by atoms with Crippen LogP contribution in [0.25, 0.3) is 0 Å². The first-order valence-corrected chi connectivity index (χ1v) is 9.10. The lowest BCUT2D eigenvalue weighted by molar-refractivity contribution is 0.156. The second kappa shape index (κ2) is 6.23. The first kappa shape index (κ1) is 16.1. The van der Waals surface area contributed by atoms with Crippen molar-refractivity contribution in [2.75, 3.05) is 6.26 Å². The maximum absolute atomic E-state index is 11.7. The van der Waals surface area contributed by atoms with Crippen molar-refractivity contribution in [1.82, 2.24) is 0 Å². The quantitative estimate of drug-likeness (QED) is 0.654. The van der Waals surface area contributed by atoms with Crippen molar-refractivity contribution in [2.24, 2.45) is 5.73 Å². The smallest absolute Gasteiger partial charge is 0.150 e. The van der Waals surface area contributed by atoms with E-state index >= 15 is 0 Å². The molecule has 2 rings (SSSR count). The summed E-state index contributed by atoms with van der Waals surface area (Å²) in [6, 6.07) is 5.07. The molecule has 21 heavy (non-hydrogen) atoms. The molecule has 2 atom stereocenters. The predicted molar refractivity (Wildman–Crippen MR) is 84.0 cm³/mol. The summed E-state index contributed by atoms with van der Waals surface area (Å²) in [4.78, 5) is 0. The SMILES string of the molecule is CS(=O)(=O)C1CCCC(Oc2cccc(Cl)c2C(=N)N)C1. The number of rotatable bonds is 4. The molecule has 1 aliphatic carbocycles. The van der Waals surface area contributed by atoms with E-state index in [1.54, 1.807) is 18.2 Å². The zero-order chi connectivity index (χ0) is 15.6. The number of sulfone groups is 1. The van der Waals surface area contributed by atoms with Crippen LogP contribution in [-0.4, -0.2) is 31.9 Å². The van der Waals surface area contributed by atoms with E-state index < -0.39 is 9.84 Å². The molecular formula is C14H19ClN2O3S. The second-order valence-corrected chi connectivity index (χ2v) is 8.12. The van der Waals surface area contributed by atoms with Crippen molar-refractivity contribution in [1.29, 1.82) is 5.41 Å². The fourth-order valence-corrected chi connectivity index (χ4v) is 4.07. The van der Waals surface area contributed by atoms with Gasteiger partial charge in [-0.05, 0) is 31.4 Å². The summed E-state index contributed by atoms with van der Waals surface area (Å²) in [6.45, 7) is 0. The lowest BCUT2D eigenvalue weighted by Crippen LogP contribution is -2.33. The Morgan fingerprint density at radius 1 is 1.43 bits per heavy atom. The Bertz CT molecular complexity index is 646. The van der Waals surface area contributed by atoms with E-state index in [-0.39, 0.29) is 17.2 Å². The van der Waals surface area contributed by atoms with Crippen molar-refractivity contribution < 1.29 is 13.2 Å². The third kappa shape index (κ3) is 3.89. The van der Waals surface area contributed by atoms with E-state index in [1.807, 2.05) is 0 Å². The summed E-state index contributed by atoms with van der Waals surface area (Å²) in [5.74, 6) is 0.278. The average Bonchev–Trinajstić information content (AvgIpc) is 2.37. The summed E-state index contributed by atoms with van der Waals surface area (Å²) in [5, 5.41) is 7.58. The number of halogens is 1. The predicted octanol–water partition coefficient (Wildman–Crippen LogP) is 2.36. The molecule has 0 amide bonds. The molecule has 1 aliphatic rings. The van der Waals surface area contributed by atoms with Gasteiger partial charge in [-0.2, -0.15) is 0 Å². The van der Waals surface area contributed by atoms with Gasteiger partial charge in [0.1, 0.15) is 21.4 Å². The minimum Gasteiger partial charge on any atom is -0.490 e. The molecule has 2 unspecified atom stereocenters. The minimum atomic E-state index is -3.06. The molecule has 0 saturated heterocycles. The molecule has 5 nitrogen and oxygen atoms in total. The maximum Gasteiger partial charge on any atom is 0.150 e. The fourth-order valence-electron chi connectivity index (χ4n) is 2.64. The Hall–Kier alpha value is -1.27. The van der Waals surface area contributed by atoms with Crippen LogP contribution in [-0.2, 0) is 9.84 Å². The largest absolute Gasteiger partial charge is 0.490 e. The van der Waals surface area contributed by atoms with Gasteiger partial charge >= 0.3 is 0 Å². The van der Waals surface area contributed by atoms with Gasteiger partial charge in [0.15, 0.2) is 0 Å². The maximum atomic E-state index is 11.7. The Morgan fingerprint density at radius 3 is 2.76 bits per heavy atom. The molecule has 1 aromatic carbocycles. The summed E-state index contributed by atoms with van der Waals surface area (Å²) in [6.07, 6.45) is 3.79. The minimum absolute atomic E-state index is 0.161. The van der Waals surface area contributed by atoms with Gasteiger partial charge < -0.3 is 10.5 Å². The molecule has 0 heterocycles. The fraction of sp³-hybridized carbons (Fsp3) is 0.500. The van der Waals surface area contributed by atoms with E-state index in [4.69, 9.17) is 27.5 Å². The third-order valence-electron chi connectivity index (χ3n) is 3.72. The molecule has 3 N–H and O–H groups in total. The summed E-state index contributed by atoms with van der Waals surface area (Å²) in [5.41, 5.74) is 5.90. The number of amidine groups is 1. The van der Waals surface area contributed by atoms with Gasteiger partial charge in [0.25, 0.3) is 0 Å². The summed E-state index contributed by atoms with van der Waals surface area (Å²) in [7, 11) is -3.06. The molecule has 1 aromatic rings. The molecule has 1 saturated carbocycles. The standard InChI is InChI=1S/C14H19ClN2O3S/c1-21(18,19)10-5-2-4-9(8-10)20-12-7-3-6-11(15)13(12)14(16)17/h3,6-7,9-10H,2,4-5,8H2,1H3,(H3,16,17). The van der Waals surface area contributed by atoms with Crippen molar-refractivity contribution in [3.05, 3.63) is 28.8 Å². The van der Waals surface area contributed by atoms with E-state index in [0.29, 0.717) is 29.2 Å². The van der Waals surface area contributed by atoms with Gasteiger partial charge in [0.2, 0.25) is 0 Å². The van der Waals surface area contributed by atoms with Crippen molar-refractivity contribution in [3.63, 3.8) is 0 Å². The number of nitrogens with two attached hydrogens (primary N) is 1. The molecule has 1 fully saturated rings. The van der Waals surface area contributed by atoms with Crippen LogP contribution in [0.5, 0.6) is 5.75 Å². The highest BCUT2D eigenvalue weighted by atomic mass is 35.5. The van der Waals surface area contributed by atoms with Crippen LogP contribution >= 0.6 is 11.6 Å². The monoisotopic (exact) mass is 330 g/mol. The number of nitrogens with one attached hydrogen (secondary N) is 1. The topological polar surface area (TPSA) is 93.2 Å². The normalized spacial score (nSPS) is 22.8. The van der Waals surface area contributed by atoms with Gasteiger partial charge in [0.05, 0.1) is 21.9 Å². The van der Waals surface area contributed by atoms with Gasteiger partial charge in [-0.3, -0.25) is 5.41 Å². The lowest BCUT2D eigenvalue weighted by atomic mass is 9.97. The Labute approximate surface area is 129 Å². The molecule has 0 bridgehead atoms. The number of ether oxygens (including phenoxy) is 1. The highest BCUT2D eigenvalue weighted by molar-refractivity contribution is 7.91. The Kier molecular flexibility index (Phi) is 4.78. The van der Waals surface area contributed by atoms with E-state index in [9.17, 15) is 8.42 Å². The van der Waals surface area contributed by atoms with Crippen LogP contribution in [0.1, 0.15) is 31.2 Å². The van der Waals surface area contributed by atoms with Gasteiger partial charge in [-0.25, -0.2) is 8.42 Å². The van der Waals surface area contributed by atoms with Crippen LogP contribution in [0, 0.1) is 5.41 Å². The van der Waals surface area contributed by atoms with E-state index in [2.05, 4.69) is 0 Å². The third-order valence-corrected chi connectivity index (χ3v) is 5.68. The number of hydrogen-bond donors (Lipinski definition) is 2. The Balaban J connectivity index is 2.19. The summed E-state index contributed by atoms with van der Waals surface area (Å²) < 4.78 is 29.2. The van der Waals surface area contributed by atoms with E-state index in [1.165, 1.54) is 6.26 Å². The average molecular weight is 331 g/mol. The van der Waals surface area contributed by atoms with Gasteiger partial charge in [-0.1, -0.05) is 17.7 Å². The number of hydrogen-bond acceptors (Lipinski definition) is 4. The first-order valence-electron chi connectivity index (χ1n) is 6.77. The second-order valence-electron chi connectivity index (χ2n) is 5.38. The van der Waals surface area contributed by atoms with Crippen LogP contribution in [0.2, 0.25) is 5.02 Å². The molecule has 0 aromatic heterocycles.